The Bertz CT molecular complexity index is 134. The van der Waals surface area contributed by atoms with Gasteiger partial charge in [0.25, 0.3) is 0 Å². The highest BCUT2D eigenvalue weighted by molar-refractivity contribution is 6.25. The molecule has 1 unspecified atom stereocenters. The molecule has 0 saturated heterocycles. The third-order valence-corrected chi connectivity index (χ3v) is 1.00. The molecule has 0 saturated carbocycles. The van der Waals surface area contributed by atoms with E-state index < -0.39 is 6.10 Å². The van der Waals surface area contributed by atoms with Crippen molar-refractivity contribution in [1.29, 1.82) is 0 Å². The fourth-order valence-electron chi connectivity index (χ4n) is 0.362. The van der Waals surface area contributed by atoms with Crippen LogP contribution in [-0.2, 0) is 4.74 Å². The molecule has 4 heteroatoms. The summed E-state index contributed by atoms with van der Waals surface area (Å²) in [6.07, 6.45) is 3.72. The van der Waals surface area contributed by atoms with Crippen molar-refractivity contribution in [3.05, 3.63) is 23.9 Å². The molecule has 0 aliphatic heterocycles. The molecule has 0 radical (unpaired) electrons. The largest absolute Gasteiger partial charge is 0.498 e. The van der Waals surface area contributed by atoms with Crippen molar-refractivity contribution in [2.45, 2.75) is 6.10 Å². The fraction of sp³-hybridized carbons (Fsp3) is 0.429. The Morgan fingerprint density at radius 2 is 2.18 bits per heavy atom. The first kappa shape index (κ1) is 10.5. The van der Waals surface area contributed by atoms with Gasteiger partial charge in [0.2, 0.25) is 0 Å². The molecule has 0 rings (SSSR count). The van der Waals surface area contributed by atoms with E-state index in [1.165, 1.54) is 11.8 Å². The van der Waals surface area contributed by atoms with Gasteiger partial charge in [-0.05, 0) is 12.2 Å². The number of hydrogen-bond acceptors (Lipinski definition) is 3. The quantitative estimate of drug-likeness (QED) is 0.480. The van der Waals surface area contributed by atoms with Crippen molar-refractivity contribution in [2.75, 3.05) is 13.2 Å². The molecular formula is C7H11ClO3. The maximum absolute atomic E-state index is 8.76. The van der Waals surface area contributed by atoms with E-state index in [-0.39, 0.29) is 13.2 Å². The third-order valence-electron chi connectivity index (χ3n) is 0.858. The lowest BCUT2D eigenvalue weighted by Gasteiger charge is -2.04. The smallest absolute Gasteiger partial charge is 0.115 e. The Balaban J connectivity index is 3.26. The molecule has 0 aromatic carbocycles. The highest BCUT2D eigenvalue weighted by Crippen LogP contribution is 1.86. The molecule has 2 N–H and O–H groups in total. The van der Waals surface area contributed by atoms with E-state index in [0.29, 0.717) is 0 Å². The summed E-state index contributed by atoms with van der Waals surface area (Å²) in [6.45, 7) is -0.206. The Hall–Kier alpha value is -0.510. The zero-order valence-corrected chi connectivity index (χ0v) is 6.74. The van der Waals surface area contributed by atoms with Gasteiger partial charge in [-0.3, -0.25) is 0 Å². The van der Waals surface area contributed by atoms with E-state index in [0.717, 1.165) is 0 Å². The molecule has 1 atom stereocenters. The number of aliphatic hydroxyl groups is 2. The lowest BCUT2D eigenvalue weighted by Crippen LogP contribution is -2.17. The summed E-state index contributed by atoms with van der Waals surface area (Å²) < 4.78 is 4.79. The average molecular weight is 179 g/mol. The van der Waals surface area contributed by atoms with Crippen LogP contribution in [0.1, 0.15) is 0 Å². The second-order valence-electron chi connectivity index (χ2n) is 1.82. The molecule has 0 heterocycles. The molecule has 0 aliphatic carbocycles. The Morgan fingerprint density at radius 3 is 2.73 bits per heavy atom. The van der Waals surface area contributed by atoms with Crippen molar-refractivity contribution in [2.24, 2.45) is 0 Å². The van der Waals surface area contributed by atoms with E-state index in [1.807, 2.05) is 0 Å². The highest BCUT2D eigenvalue weighted by Gasteiger charge is 1.98. The van der Waals surface area contributed by atoms with Crippen LogP contribution in [0.5, 0.6) is 0 Å². The van der Waals surface area contributed by atoms with Crippen LogP contribution < -0.4 is 0 Å². The molecular weight excluding hydrogens is 168 g/mol. The van der Waals surface area contributed by atoms with Gasteiger partial charge in [-0.15, -0.1) is 0 Å². The summed E-state index contributed by atoms with van der Waals surface area (Å²) in [7, 11) is 0. The predicted octanol–water partition coefficient (Wildman–Crippen LogP) is 0.622. The minimum absolute atomic E-state index is 0.0864. The first-order valence-corrected chi connectivity index (χ1v) is 3.57. The number of hydrogen-bond donors (Lipinski definition) is 2. The number of ether oxygens (including phenoxy) is 1. The van der Waals surface area contributed by atoms with Crippen LogP contribution in [0.4, 0.5) is 0 Å². The zero-order valence-electron chi connectivity index (χ0n) is 5.98. The second kappa shape index (κ2) is 7.60. The van der Waals surface area contributed by atoms with E-state index in [4.69, 9.17) is 26.6 Å². The number of rotatable bonds is 5. The summed E-state index contributed by atoms with van der Waals surface area (Å²) in [5, 5.41) is 17.1. The van der Waals surface area contributed by atoms with E-state index in [2.05, 4.69) is 0 Å². The average Bonchev–Trinajstić information content (AvgIpc) is 2.04. The van der Waals surface area contributed by atoms with Gasteiger partial charge in [-0.2, -0.15) is 0 Å². The standard InChI is InChI=1S/C7H11ClO3/c8-3-1-2-4-11-6-7(10)5-9/h1-4,7,9-10H,5-6H2. The minimum atomic E-state index is -0.820. The number of halogens is 1. The van der Waals surface area contributed by atoms with Crippen LogP contribution in [0.3, 0.4) is 0 Å². The SMILES string of the molecule is OCC(O)COC=CC=CCl. The molecule has 11 heavy (non-hydrogen) atoms. The maximum atomic E-state index is 8.76. The summed E-state index contributed by atoms with van der Waals surface area (Å²) in [5.74, 6) is 0. The van der Waals surface area contributed by atoms with Crippen molar-refractivity contribution in [3.63, 3.8) is 0 Å². The topological polar surface area (TPSA) is 49.7 Å². The Kier molecular flexibility index (Phi) is 7.24. The minimum Gasteiger partial charge on any atom is -0.498 e. The summed E-state index contributed by atoms with van der Waals surface area (Å²) in [4.78, 5) is 0. The lowest BCUT2D eigenvalue weighted by atomic mass is 10.4. The monoisotopic (exact) mass is 178 g/mol. The maximum Gasteiger partial charge on any atom is 0.115 e. The van der Waals surface area contributed by atoms with Crippen molar-refractivity contribution in [3.8, 4) is 0 Å². The Labute approximate surface area is 70.6 Å². The van der Waals surface area contributed by atoms with Gasteiger partial charge in [0, 0.05) is 5.54 Å². The van der Waals surface area contributed by atoms with Crippen LogP contribution in [0, 0.1) is 0 Å². The third kappa shape index (κ3) is 7.39. The highest BCUT2D eigenvalue weighted by atomic mass is 35.5. The van der Waals surface area contributed by atoms with Gasteiger partial charge in [-0.1, -0.05) is 11.6 Å². The molecule has 0 aromatic rings. The van der Waals surface area contributed by atoms with Crippen LogP contribution in [0.2, 0.25) is 0 Å². The number of aliphatic hydroxyl groups excluding tert-OH is 2. The van der Waals surface area contributed by atoms with Gasteiger partial charge >= 0.3 is 0 Å². The van der Waals surface area contributed by atoms with Crippen molar-refractivity contribution < 1.29 is 14.9 Å². The molecule has 0 spiro atoms. The second-order valence-corrected chi connectivity index (χ2v) is 2.07. The number of allylic oxidation sites excluding steroid dienone is 2. The zero-order chi connectivity index (χ0) is 8.53. The van der Waals surface area contributed by atoms with E-state index in [1.54, 1.807) is 12.2 Å². The van der Waals surface area contributed by atoms with E-state index in [9.17, 15) is 0 Å². The molecule has 0 aromatic heterocycles. The van der Waals surface area contributed by atoms with Crippen molar-refractivity contribution >= 4 is 11.6 Å². The van der Waals surface area contributed by atoms with Crippen LogP contribution in [-0.4, -0.2) is 29.5 Å². The van der Waals surface area contributed by atoms with E-state index >= 15 is 0 Å². The molecule has 0 amide bonds. The van der Waals surface area contributed by atoms with Gasteiger partial charge in [0.1, 0.15) is 12.7 Å². The predicted molar refractivity (Wildman–Crippen MR) is 43.2 cm³/mol. The normalized spacial score (nSPS) is 14.5. The first-order valence-electron chi connectivity index (χ1n) is 3.13. The van der Waals surface area contributed by atoms with Crippen molar-refractivity contribution in [1.82, 2.24) is 0 Å². The van der Waals surface area contributed by atoms with Gasteiger partial charge in [-0.25, -0.2) is 0 Å². The van der Waals surface area contributed by atoms with Gasteiger partial charge in [0.15, 0.2) is 0 Å². The molecule has 0 bridgehead atoms. The molecule has 3 nitrogen and oxygen atoms in total. The molecule has 0 aliphatic rings. The van der Waals surface area contributed by atoms with Crippen LogP contribution in [0.15, 0.2) is 23.9 Å². The van der Waals surface area contributed by atoms with Gasteiger partial charge in [0.05, 0.1) is 12.9 Å². The summed E-state index contributed by atoms with van der Waals surface area (Å²) in [5.41, 5.74) is 1.34. The summed E-state index contributed by atoms with van der Waals surface area (Å²) >= 11 is 5.19. The Morgan fingerprint density at radius 1 is 1.45 bits per heavy atom. The molecule has 0 fully saturated rings. The summed E-state index contributed by atoms with van der Waals surface area (Å²) in [6, 6.07) is 0. The van der Waals surface area contributed by atoms with Crippen LogP contribution in [0.25, 0.3) is 0 Å². The first-order chi connectivity index (χ1) is 5.31. The fourth-order valence-corrected chi connectivity index (χ4v) is 0.446. The lowest BCUT2D eigenvalue weighted by molar-refractivity contribution is 0.0384. The van der Waals surface area contributed by atoms with Crippen LogP contribution >= 0.6 is 11.6 Å². The van der Waals surface area contributed by atoms with Gasteiger partial charge < -0.3 is 14.9 Å². The molecule has 64 valence electrons.